The number of fused-ring (bicyclic) bond motifs is 1. The number of aromatic hydroxyl groups is 1. The van der Waals surface area contributed by atoms with Gasteiger partial charge in [-0.15, -0.1) is 0 Å². The van der Waals surface area contributed by atoms with Crippen molar-refractivity contribution in [1.82, 2.24) is 9.55 Å². The number of cyclic esters (lactones) is 1. The predicted octanol–water partition coefficient (Wildman–Crippen LogP) is 0.0562. The van der Waals surface area contributed by atoms with E-state index in [0.29, 0.717) is 11.3 Å². The molecule has 0 radical (unpaired) electrons. The minimum Gasteiger partial charge on any atom is -0.494 e. The van der Waals surface area contributed by atoms with Crippen molar-refractivity contribution < 1.29 is 24.1 Å². The maximum absolute atomic E-state index is 12.3. The molecule has 2 heterocycles. The van der Waals surface area contributed by atoms with Crippen LogP contribution in [0, 0.1) is 0 Å². The molecule has 2 N–H and O–H groups in total. The molecule has 0 spiro atoms. The van der Waals surface area contributed by atoms with Crippen LogP contribution in [-0.4, -0.2) is 34.8 Å². The molecule has 0 saturated heterocycles. The Kier molecular flexibility index (Phi) is 3.55. The highest BCUT2D eigenvalue weighted by Crippen LogP contribution is 2.44. The van der Waals surface area contributed by atoms with Gasteiger partial charge in [-0.3, -0.25) is 14.3 Å². The van der Waals surface area contributed by atoms with Gasteiger partial charge in [-0.1, -0.05) is 6.07 Å². The van der Waals surface area contributed by atoms with E-state index in [9.17, 15) is 19.5 Å². The van der Waals surface area contributed by atoms with Crippen LogP contribution in [0.2, 0.25) is 0 Å². The van der Waals surface area contributed by atoms with Gasteiger partial charge in [0.1, 0.15) is 11.1 Å². The second kappa shape index (κ2) is 5.44. The Morgan fingerprint density at radius 2 is 1.92 bits per heavy atom. The molecule has 0 bridgehead atoms. The minimum absolute atomic E-state index is 0.106. The zero-order valence-corrected chi connectivity index (χ0v) is 13.1. The van der Waals surface area contributed by atoms with Crippen LogP contribution >= 0.6 is 0 Å². The van der Waals surface area contributed by atoms with Gasteiger partial charge < -0.3 is 19.3 Å². The summed E-state index contributed by atoms with van der Waals surface area (Å²) < 4.78 is 16.4. The van der Waals surface area contributed by atoms with Gasteiger partial charge >= 0.3 is 11.7 Å². The third kappa shape index (κ3) is 2.05. The third-order valence-corrected chi connectivity index (χ3v) is 3.88. The third-order valence-electron chi connectivity index (χ3n) is 3.88. The highest BCUT2D eigenvalue weighted by atomic mass is 16.6. The van der Waals surface area contributed by atoms with Crippen LogP contribution in [0.1, 0.15) is 27.6 Å². The lowest BCUT2D eigenvalue weighted by atomic mass is 9.99. The molecule has 0 amide bonds. The van der Waals surface area contributed by atoms with Crippen molar-refractivity contribution in [2.24, 2.45) is 7.05 Å². The largest absolute Gasteiger partial charge is 0.494 e. The molecule has 1 aliphatic rings. The van der Waals surface area contributed by atoms with E-state index in [2.05, 4.69) is 4.98 Å². The highest BCUT2D eigenvalue weighted by molar-refractivity contribution is 5.98. The number of ether oxygens (including phenoxy) is 3. The quantitative estimate of drug-likeness (QED) is 0.761. The van der Waals surface area contributed by atoms with E-state index < -0.39 is 29.2 Å². The normalized spacial score (nSPS) is 15.8. The maximum atomic E-state index is 12.3. The summed E-state index contributed by atoms with van der Waals surface area (Å²) >= 11 is 0. The van der Waals surface area contributed by atoms with Crippen molar-refractivity contribution in [3.63, 3.8) is 0 Å². The van der Waals surface area contributed by atoms with Crippen molar-refractivity contribution in [2.75, 3.05) is 14.2 Å². The van der Waals surface area contributed by atoms with Gasteiger partial charge in [-0.05, 0) is 6.07 Å². The Balaban J connectivity index is 2.28. The van der Waals surface area contributed by atoms with E-state index in [1.54, 1.807) is 6.07 Å². The molecule has 0 aliphatic carbocycles. The summed E-state index contributed by atoms with van der Waals surface area (Å²) in [5, 5.41) is 10.2. The fraction of sp³-hybridized carbons (Fsp3) is 0.267. The van der Waals surface area contributed by atoms with Gasteiger partial charge in [0, 0.05) is 12.6 Å². The number of nitrogens with zero attached hydrogens (tertiary/aromatic N) is 1. The Morgan fingerprint density at radius 1 is 1.21 bits per heavy atom. The molecule has 1 aromatic carbocycles. The SMILES string of the molecule is COc1ccc2c(c1OC)C(=O)O[C@H]2c1c(O)n(C)c(=O)[nH]c1=O. The summed E-state index contributed by atoms with van der Waals surface area (Å²) in [6, 6.07) is 3.09. The zero-order valence-electron chi connectivity index (χ0n) is 13.1. The smallest absolute Gasteiger partial charge is 0.343 e. The topological polar surface area (TPSA) is 120 Å². The molecule has 9 nitrogen and oxygen atoms in total. The maximum Gasteiger partial charge on any atom is 0.343 e. The molecule has 126 valence electrons. The van der Waals surface area contributed by atoms with Crippen LogP contribution < -0.4 is 20.7 Å². The van der Waals surface area contributed by atoms with Crippen LogP contribution in [0.5, 0.6) is 17.4 Å². The Labute approximate surface area is 135 Å². The van der Waals surface area contributed by atoms with Gasteiger partial charge in [0.2, 0.25) is 5.88 Å². The van der Waals surface area contributed by atoms with Gasteiger partial charge in [-0.25, -0.2) is 9.59 Å². The number of aromatic amines is 1. The van der Waals surface area contributed by atoms with E-state index in [0.717, 1.165) is 4.57 Å². The van der Waals surface area contributed by atoms with Gasteiger partial charge in [-0.2, -0.15) is 0 Å². The van der Waals surface area contributed by atoms with E-state index >= 15 is 0 Å². The standard InChI is InChI=1S/C15H14N2O7/c1-17-13(19)9(12(18)16-15(17)21)10-6-4-5-7(22-2)11(23-3)8(6)14(20)24-10/h4-5,10,19H,1-3H3,(H,16,18,21)/t10-/m1/s1. The van der Waals surface area contributed by atoms with Crippen LogP contribution in [-0.2, 0) is 11.8 Å². The lowest BCUT2D eigenvalue weighted by Gasteiger charge is -2.14. The van der Waals surface area contributed by atoms with Gasteiger partial charge in [0.15, 0.2) is 17.6 Å². The summed E-state index contributed by atoms with van der Waals surface area (Å²) in [5.41, 5.74) is -1.42. The molecule has 2 aromatic rings. The number of benzene rings is 1. The van der Waals surface area contributed by atoms with E-state index in [1.807, 2.05) is 0 Å². The lowest BCUT2D eigenvalue weighted by Crippen LogP contribution is -2.32. The number of rotatable bonds is 3. The van der Waals surface area contributed by atoms with Crippen LogP contribution in [0.25, 0.3) is 0 Å². The van der Waals surface area contributed by atoms with E-state index in [4.69, 9.17) is 14.2 Å². The Morgan fingerprint density at radius 3 is 2.54 bits per heavy atom. The van der Waals surface area contributed by atoms with Gasteiger partial charge in [0.05, 0.1) is 14.2 Å². The van der Waals surface area contributed by atoms with Crippen molar-refractivity contribution in [2.45, 2.75) is 6.10 Å². The van der Waals surface area contributed by atoms with Gasteiger partial charge in [0.25, 0.3) is 5.56 Å². The number of esters is 1. The monoisotopic (exact) mass is 334 g/mol. The number of carbonyl (C=O) groups excluding carboxylic acids is 1. The number of H-pyrrole nitrogens is 1. The molecule has 1 aromatic heterocycles. The number of hydrogen-bond acceptors (Lipinski definition) is 7. The number of methoxy groups -OCH3 is 2. The molecule has 24 heavy (non-hydrogen) atoms. The molecule has 0 fully saturated rings. The summed E-state index contributed by atoms with van der Waals surface area (Å²) in [7, 11) is 4.07. The van der Waals surface area contributed by atoms with Crippen LogP contribution in [0.4, 0.5) is 0 Å². The first-order valence-corrected chi connectivity index (χ1v) is 6.88. The molecular weight excluding hydrogens is 320 g/mol. The molecule has 0 unspecified atom stereocenters. The van der Waals surface area contributed by atoms with E-state index in [-0.39, 0.29) is 16.9 Å². The predicted molar refractivity (Wildman–Crippen MR) is 80.8 cm³/mol. The van der Waals surface area contributed by atoms with Crippen molar-refractivity contribution in [1.29, 1.82) is 0 Å². The fourth-order valence-corrected chi connectivity index (χ4v) is 2.68. The number of carbonyl (C=O) groups is 1. The van der Waals surface area contributed by atoms with Crippen LogP contribution in [0.15, 0.2) is 21.7 Å². The second-order valence-corrected chi connectivity index (χ2v) is 5.11. The fourth-order valence-electron chi connectivity index (χ4n) is 2.68. The first kappa shape index (κ1) is 15.7. The Hall–Kier alpha value is -3.23. The first-order valence-electron chi connectivity index (χ1n) is 6.88. The summed E-state index contributed by atoms with van der Waals surface area (Å²) in [4.78, 5) is 38.0. The molecule has 1 atom stereocenters. The molecule has 1 aliphatic heterocycles. The average Bonchev–Trinajstić information content (AvgIpc) is 2.88. The van der Waals surface area contributed by atoms with Crippen molar-refractivity contribution >= 4 is 5.97 Å². The molecule has 3 rings (SSSR count). The summed E-state index contributed by atoms with van der Waals surface area (Å²) in [6.07, 6.45) is -1.16. The number of nitrogens with one attached hydrogen (secondary N) is 1. The summed E-state index contributed by atoms with van der Waals surface area (Å²) in [5.74, 6) is -0.807. The number of hydrogen-bond donors (Lipinski definition) is 2. The van der Waals surface area contributed by atoms with Crippen molar-refractivity contribution in [3.05, 3.63) is 49.7 Å². The highest BCUT2D eigenvalue weighted by Gasteiger charge is 2.39. The lowest BCUT2D eigenvalue weighted by molar-refractivity contribution is 0.0446. The first-order chi connectivity index (χ1) is 11.4. The molecular formula is C15H14N2O7. The molecule has 0 saturated carbocycles. The Bertz CT molecular complexity index is 958. The van der Waals surface area contributed by atoms with Crippen molar-refractivity contribution in [3.8, 4) is 17.4 Å². The summed E-state index contributed by atoms with van der Waals surface area (Å²) in [6.45, 7) is 0. The van der Waals surface area contributed by atoms with Crippen LogP contribution in [0.3, 0.4) is 0 Å². The second-order valence-electron chi connectivity index (χ2n) is 5.11. The molecule has 9 heteroatoms. The minimum atomic E-state index is -1.16. The zero-order chi connectivity index (χ0) is 17.6. The number of aromatic nitrogens is 2. The average molecular weight is 334 g/mol. The van der Waals surface area contributed by atoms with E-state index in [1.165, 1.54) is 27.3 Å².